The second-order valence-corrected chi connectivity index (χ2v) is 11.3. The van der Waals surface area contributed by atoms with Gasteiger partial charge in [0.2, 0.25) is 11.8 Å². The highest BCUT2D eigenvalue weighted by molar-refractivity contribution is 5.92. The molecular formula is C29H51N3O6. The number of carbonyl (C=O) groups excluding carboxylic acids is 6. The summed E-state index contributed by atoms with van der Waals surface area (Å²) in [7, 11) is 0. The third kappa shape index (κ3) is 13.9. The molecule has 0 aromatic heterocycles. The summed E-state index contributed by atoms with van der Waals surface area (Å²) in [5.74, 6) is -1.68. The van der Waals surface area contributed by atoms with Crippen LogP contribution in [0, 0.1) is 17.8 Å². The molecule has 0 saturated carbocycles. The first kappa shape index (κ1) is 35.6. The molecule has 0 aromatic carbocycles. The van der Waals surface area contributed by atoms with Gasteiger partial charge in [-0.1, -0.05) is 62.3 Å². The molecule has 0 aliphatic heterocycles. The van der Waals surface area contributed by atoms with Gasteiger partial charge in [0, 0.05) is 49.5 Å². The molecule has 0 aliphatic carbocycles. The number of nitrogens with one attached hydrogen (secondary N) is 3. The second kappa shape index (κ2) is 18.0. The van der Waals surface area contributed by atoms with Crippen LogP contribution < -0.4 is 16.0 Å². The number of carbonyl (C=O) groups is 6. The lowest BCUT2D eigenvalue weighted by molar-refractivity contribution is -0.131. The van der Waals surface area contributed by atoms with E-state index in [1.165, 1.54) is 0 Å². The molecule has 3 unspecified atom stereocenters. The maximum atomic E-state index is 12.7. The molecule has 0 fully saturated rings. The Hall–Kier alpha value is -2.42. The average molecular weight is 538 g/mol. The molecule has 218 valence electrons. The van der Waals surface area contributed by atoms with Crippen LogP contribution in [0.3, 0.4) is 0 Å². The van der Waals surface area contributed by atoms with Crippen LogP contribution in [0.25, 0.3) is 0 Å². The number of amides is 2. The maximum Gasteiger partial charge on any atom is 0.220 e. The van der Waals surface area contributed by atoms with Crippen molar-refractivity contribution in [3.63, 3.8) is 0 Å². The number of hydrogen-bond donors (Lipinski definition) is 3. The first-order valence-electron chi connectivity index (χ1n) is 14.1. The summed E-state index contributed by atoms with van der Waals surface area (Å²) >= 11 is 0. The van der Waals surface area contributed by atoms with E-state index in [0.29, 0.717) is 6.42 Å². The van der Waals surface area contributed by atoms with Crippen LogP contribution in [-0.4, -0.2) is 59.1 Å². The zero-order valence-electron chi connectivity index (χ0n) is 24.9. The molecule has 0 rings (SSSR count). The van der Waals surface area contributed by atoms with Crippen LogP contribution in [0.5, 0.6) is 0 Å². The third-order valence-electron chi connectivity index (χ3n) is 6.41. The smallest absolute Gasteiger partial charge is 0.220 e. The highest BCUT2D eigenvalue weighted by atomic mass is 16.2. The van der Waals surface area contributed by atoms with Gasteiger partial charge < -0.3 is 16.0 Å². The van der Waals surface area contributed by atoms with Crippen LogP contribution in [0.1, 0.15) is 107 Å². The second-order valence-electron chi connectivity index (χ2n) is 11.3. The summed E-state index contributed by atoms with van der Waals surface area (Å²) in [6, 6.07) is -1.99. The fourth-order valence-electron chi connectivity index (χ4n) is 4.02. The quantitative estimate of drug-likeness (QED) is 0.217. The molecule has 0 aromatic rings. The van der Waals surface area contributed by atoms with Crippen LogP contribution in [0.4, 0.5) is 0 Å². The lowest BCUT2D eigenvalue weighted by Crippen LogP contribution is -2.46. The largest absolute Gasteiger partial charge is 0.346 e. The van der Waals surface area contributed by atoms with Crippen molar-refractivity contribution in [1.29, 1.82) is 0 Å². The standard InChI is InChI=1S/C29H51N3O6/c1-10-24(33)21(31-26(35)16-13-22(30-20(8)9)28(37)18(4)5)12-15-27(36)32-23(29(38)19(6)7)11-14-25(34)17(2)3/h17-23,30H,10-16H2,1-9H3,(H,31,35)(H,32,36). The lowest BCUT2D eigenvalue weighted by atomic mass is 9.94. The maximum absolute atomic E-state index is 12.7. The normalized spacial score (nSPS) is 13.9. The molecule has 3 atom stereocenters. The van der Waals surface area contributed by atoms with Gasteiger partial charge in [0.05, 0.1) is 18.1 Å². The molecule has 0 heterocycles. The van der Waals surface area contributed by atoms with Gasteiger partial charge in [-0.15, -0.1) is 0 Å². The van der Waals surface area contributed by atoms with Gasteiger partial charge in [-0.25, -0.2) is 0 Å². The molecule has 0 radical (unpaired) electrons. The van der Waals surface area contributed by atoms with Crippen LogP contribution >= 0.6 is 0 Å². The zero-order chi connectivity index (χ0) is 29.6. The van der Waals surface area contributed by atoms with Gasteiger partial charge in [-0.2, -0.15) is 0 Å². The number of ketones is 4. The number of Topliss-reactive ketones (excluding diaryl/α,β-unsaturated/α-hetero) is 4. The van der Waals surface area contributed by atoms with E-state index in [1.807, 2.05) is 27.7 Å². The lowest BCUT2D eigenvalue weighted by Gasteiger charge is -2.23. The van der Waals surface area contributed by atoms with Crippen molar-refractivity contribution in [3.05, 3.63) is 0 Å². The van der Waals surface area contributed by atoms with Gasteiger partial charge in [0.15, 0.2) is 17.3 Å². The molecule has 38 heavy (non-hydrogen) atoms. The Bertz CT molecular complexity index is 819. The Morgan fingerprint density at radius 2 is 0.947 bits per heavy atom. The first-order chi connectivity index (χ1) is 17.6. The molecule has 0 bridgehead atoms. The minimum atomic E-state index is -0.836. The van der Waals surface area contributed by atoms with Gasteiger partial charge in [-0.3, -0.25) is 28.8 Å². The van der Waals surface area contributed by atoms with Crippen molar-refractivity contribution in [2.75, 3.05) is 0 Å². The number of rotatable bonds is 20. The van der Waals surface area contributed by atoms with Crippen molar-refractivity contribution in [3.8, 4) is 0 Å². The van der Waals surface area contributed by atoms with E-state index in [4.69, 9.17) is 0 Å². The summed E-state index contributed by atoms with van der Waals surface area (Å²) in [4.78, 5) is 75.0. The fraction of sp³-hybridized carbons (Fsp3) is 0.793. The Morgan fingerprint density at radius 1 is 0.526 bits per heavy atom. The molecule has 9 heteroatoms. The predicted octanol–water partition coefficient (Wildman–Crippen LogP) is 3.32. The minimum absolute atomic E-state index is 0.0260. The van der Waals surface area contributed by atoms with Gasteiger partial charge in [-0.05, 0) is 19.3 Å². The monoisotopic (exact) mass is 537 g/mol. The van der Waals surface area contributed by atoms with E-state index in [1.54, 1.807) is 34.6 Å². The average Bonchev–Trinajstić information content (AvgIpc) is 2.84. The third-order valence-corrected chi connectivity index (χ3v) is 6.41. The first-order valence-corrected chi connectivity index (χ1v) is 14.1. The van der Waals surface area contributed by atoms with Crippen molar-refractivity contribution in [2.24, 2.45) is 17.8 Å². The Balaban J connectivity index is 5.15. The van der Waals surface area contributed by atoms with E-state index < -0.39 is 24.0 Å². The molecule has 0 aliphatic rings. The van der Waals surface area contributed by atoms with Crippen molar-refractivity contribution >= 4 is 34.9 Å². The van der Waals surface area contributed by atoms with Crippen LogP contribution in [-0.2, 0) is 28.8 Å². The predicted molar refractivity (Wildman–Crippen MR) is 148 cm³/mol. The summed E-state index contributed by atoms with van der Waals surface area (Å²) in [5, 5.41) is 8.66. The van der Waals surface area contributed by atoms with E-state index in [-0.39, 0.29) is 91.4 Å². The highest BCUT2D eigenvalue weighted by Crippen LogP contribution is 2.12. The highest BCUT2D eigenvalue weighted by Gasteiger charge is 2.27. The van der Waals surface area contributed by atoms with Gasteiger partial charge >= 0.3 is 0 Å². The molecule has 0 saturated heterocycles. The van der Waals surface area contributed by atoms with E-state index in [9.17, 15) is 28.8 Å². The molecular weight excluding hydrogens is 486 g/mol. The van der Waals surface area contributed by atoms with Crippen molar-refractivity contribution < 1.29 is 28.8 Å². The SMILES string of the molecule is CCC(=O)C(CCC(=O)NC(CCC(=O)C(C)C)C(=O)C(C)C)NC(=O)CCC(NC(C)C)C(=O)C(C)C. The Labute approximate surface area is 229 Å². The van der Waals surface area contributed by atoms with Gasteiger partial charge in [0.25, 0.3) is 0 Å². The zero-order valence-corrected chi connectivity index (χ0v) is 24.9. The fourth-order valence-corrected chi connectivity index (χ4v) is 4.02. The summed E-state index contributed by atoms with van der Waals surface area (Å²) in [6.07, 6.45) is 1.03. The minimum Gasteiger partial charge on any atom is -0.346 e. The summed E-state index contributed by atoms with van der Waals surface area (Å²) in [6.45, 7) is 16.3. The Kier molecular flexibility index (Phi) is 16.8. The van der Waals surface area contributed by atoms with Crippen molar-refractivity contribution in [1.82, 2.24) is 16.0 Å². The van der Waals surface area contributed by atoms with Crippen LogP contribution in [0.15, 0.2) is 0 Å². The summed E-state index contributed by atoms with van der Waals surface area (Å²) in [5.41, 5.74) is 0. The molecule has 9 nitrogen and oxygen atoms in total. The van der Waals surface area contributed by atoms with Gasteiger partial charge in [0.1, 0.15) is 5.78 Å². The molecule has 0 spiro atoms. The van der Waals surface area contributed by atoms with E-state index >= 15 is 0 Å². The van der Waals surface area contributed by atoms with Crippen molar-refractivity contribution in [2.45, 2.75) is 131 Å². The van der Waals surface area contributed by atoms with Crippen LogP contribution in [0.2, 0.25) is 0 Å². The topological polar surface area (TPSA) is 139 Å². The Morgan fingerprint density at radius 3 is 1.37 bits per heavy atom. The van der Waals surface area contributed by atoms with E-state index in [0.717, 1.165) is 0 Å². The molecule has 2 amide bonds. The number of hydrogen-bond acceptors (Lipinski definition) is 7. The molecule has 3 N–H and O–H groups in total. The summed E-state index contributed by atoms with van der Waals surface area (Å²) < 4.78 is 0. The van der Waals surface area contributed by atoms with E-state index in [2.05, 4.69) is 16.0 Å².